The second kappa shape index (κ2) is 12.7. The number of nitrogens with one attached hydrogen (secondary N) is 1. The zero-order valence-electron chi connectivity index (χ0n) is 15.5. The molecule has 0 aliphatic carbocycles. The molecule has 25 heavy (non-hydrogen) atoms. The molecule has 2 saturated heterocycles. The van der Waals surface area contributed by atoms with Crippen LogP contribution in [0.1, 0.15) is 39.5 Å². The second-order valence-electron chi connectivity index (χ2n) is 6.57. The first-order chi connectivity index (χ1) is 11.1. The van der Waals surface area contributed by atoms with Crippen molar-refractivity contribution < 1.29 is 9.59 Å². The topological polar surface area (TPSA) is 55.9 Å². The van der Waals surface area contributed by atoms with Gasteiger partial charge in [-0.25, -0.2) is 0 Å². The summed E-state index contributed by atoms with van der Waals surface area (Å²) < 4.78 is 0. The van der Waals surface area contributed by atoms with Crippen LogP contribution in [-0.4, -0.2) is 84.9 Å². The first kappa shape index (κ1) is 24.4. The normalized spacial score (nSPS) is 21.0. The number of carbonyl (C=O) groups excluding carboxylic acids is 2. The van der Waals surface area contributed by atoms with E-state index in [1.165, 1.54) is 6.42 Å². The molecule has 6 nitrogen and oxygen atoms in total. The van der Waals surface area contributed by atoms with Gasteiger partial charge in [-0.3, -0.25) is 14.5 Å². The van der Waals surface area contributed by atoms with Gasteiger partial charge in [0.25, 0.3) is 0 Å². The molecule has 148 valence electrons. The van der Waals surface area contributed by atoms with Gasteiger partial charge in [-0.1, -0.05) is 0 Å². The summed E-state index contributed by atoms with van der Waals surface area (Å²) in [5.41, 5.74) is 0. The molecule has 8 heteroatoms. The Kier molecular flexibility index (Phi) is 12.5. The molecule has 2 rings (SSSR count). The fourth-order valence-corrected chi connectivity index (χ4v) is 3.52. The van der Waals surface area contributed by atoms with E-state index in [4.69, 9.17) is 0 Å². The number of rotatable bonds is 6. The molecule has 2 heterocycles. The molecule has 2 aliphatic heterocycles. The monoisotopic (exact) mass is 396 g/mol. The Bertz CT molecular complexity index is 402. The standard InChI is InChI=1S/C17H32N4O2.2ClH/c1-3-20(4-2)17(23)14-19-9-6-10-21(12-11-19)16(22)13-15-7-5-8-18-15;;/h15,18H,3-14H2,1-2H3;2*1H. The van der Waals surface area contributed by atoms with Crippen molar-refractivity contribution in [1.29, 1.82) is 0 Å². The van der Waals surface area contributed by atoms with Gasteiger partial charge in [0.15, 0.2) is 0 Å². The zero-order valence-corrected chi connectivity index (χ0v) is 17.2. The van der Waals surface area contributed by atoms with Crippen LogP contribution in [0, 0.1) is 0 Å². The fraction of sp³-hybridized carbons (Fsp3) is 0.882. The highest BCUT2D eigenvalue weighted by Crippen LogP contribution is 2.12. The van der Waals surface area contributed by atoms with E-state index in [1.807, 2.05) is 23.6 Å². The second-order valence-corrected chi connectivity index (χ2v) is 6.57. The van der Waals surface area contributed by atoms with Crippen LogP contribution in [0.15, 0.2) is 0 Å². The summed E-state index contributed by atoms with van der Waals surface area (Å²) in [7, 11) is 0. The predicted octanol–water partition coefficient (Wildman–Crippen LogP) is 1.37. The highest BCUT2D eigenvalue weighted by molar-refractivity contribution is 5.85. The van der Waals surface area contributed by atoms with Crippen molar-refractivity contribution in [2.24, 2.45) is 0 Å². The third-order valence-electron chi connectivity index (χ3n) is 5.00. The van der Waals surface area contributed by atoms with E-state index < -0.39 is 0 Å². The summed E-state index contributed by atoms with van der Waals surface area (Å²) in [5, 5.41) is 3.39. The molecule has 2 amide bonds. The number of nitrogens with zero attached hydrogens (tertiary/aromatic N) is 3. The average Bonchev–Trinajstić information content (AvgIpc) is 2.93. The minimum absolute atomic E-state index is 0. The van der Waals surface area contributed by atoms with E-state index in [0.29, 0.717) is 19.0 Å². The van der Waals surface area contributed by atoms with Gasteiger partial charge in [-0.05, 0) is 39.7 Å². The number of likely N-dealkylation sites (N-methyl/N-ethyl adjacent to an activating group) is 1. The van der Waals surface area contributed by atoms with Gasteiger partial charge in [0.05, 0.1) is 6.54 Å². The lowest BCUT2D eigenvalue weighted by atomic mass is 10.1. The number of halogens is 2. The smallest absolute Gasteiger partial charge is 0.236 e. The van der Waals surface area contributed by atoms with Crippen LogP contribution in [0.4, 0.5) is 0 Å². The fourth-order valence-electron chi connectivity index (χ4n) is 3.52. The molecule has 0 saturated carbocycles. The van der Waals surface area contributed by atoms with Gasteiger partial charge in [-0.2, -0.15) is 0 Å². The highest BCUT2D eigenvalue weighted by atomic mass is 35.5. The van der Waals surface area contributed by atoms with Crippen LogP contribution < -0.4 is 5.32 Å². The molecule has 1 N–H and O–H groups in total. The molecule has 0 spiro atoms. The molecule has 0 aromatic rings. The zero-order chi connectivity index (χ0) is 16.7. The Labute approximate surface area is 164 Å². The van der Waals surface area contributed by atoms with Crippen LogP contribution in [0.25, 0.3) is 0 Å². The molecular weight excluding hydrogens is 363 g/mol. The van der Waals surface area contributed by atoms with Gasteiger partial charge in [0.1, 0.15) is 0 Å². The molecule has 2 fully saturated rings. The number of hydrogen-bond donors (Lipinski definition) is 1. The lowest BCUT2D eigenvalue weighted by Crippen LogP contribution is -2.42. The maximum absolute atomic E-state index is 12.4. The number of carbonyl (C=O) groups is 2. The minimum Gasteiger partial charge on any atom is -0.342 e. The van der Waals surface area contributed by atoms with Crippen molar-refractivity contribution in [1.82, 2.24) is 20.0 Å². The predicted molar refractivity (Wildman–Crippen MR) is 106 cm³/mol. The average molecular weight is 397 g/mol. The van der Waals surface area contributed by atoms with E-state index in [-0.39, 0.29) is 36.6 Å². The SMILES string of the molecule is CCN(CC)C(=O)CN1CCCN(C(=O)CC2CCCN2)CC1.Cl.Cl. The van der Waals surface area contributed by atoms with Crippen molar-refractivity contribution in [3.8, 4) is 0 Å². The van der Waals surface area contributed by atoms with Crippen molar-refractivity contribution in [3.05, 3.63) is 0 Å². The highest BCUT2D eigenvalue weighted by Gasteiger charge is 2.24. The summed E-state index contributed by atoms with van der Waals surface area (Å²) >= 11 is 0. The summed E-state index contributed by atoms with van der Waals surface area (Å²) in [6.45, 7) is 10.4. The van der Waals surface area contributed by atoms with Crippen LogP contribution >= 0.6 is 24.8 Å². The molecule has 1 atom stereocenters. The Morgan fingerprint density at radius 1 is 1.04 bits per heavy atom. The maximum atomic E-state index is 12.4. The number of hydrogen-bond acceptors (Lipinski definition) is 4. The van der Waals surface area contributed by atoms with E-state index in [2.05, 4.69) is 10.2 Å². The first-order valence-electron chi connectivity index (χ1n) is 9.15. The van der Waals surface area contributed by atoms with E-state index in [0.717, 1.165) is 58.7 Å². The molecular formula is C17H34Cl2N4O2. The number of amides is 2. The van der Waals surface area contributed by atoms with Crippen LogP contribution in [0.3, 0.4) is 0 Å². The largest absolute Gasteiger partial charge is 0.342 e. The molecule has 0 radical (unpaired) electrons. The first-order valence-corrected chi connectivity index (χ1v) is 9.15. The van der Waals surface area contributed by atoms with Crippen molar-refractivity contribution in [2.45, 2.75) is 45.6 Å². The summed E-state index contributed by atoms with van der Waals surface area (Å²) in [6.07, 6.45) is 3.87. The van der Waals surface area contributed by atoms with Gasteiger partial charge >= 0.3 is 0 Å². The Hall–Kier alpha value is -0.560. The Morgan fingerprint density at radius 3 is 2.36 bits per heavy atom. The Balaban J connectivity index is 0.00000288. The third kappa shape index (κ3) is 7.69. The van der Waals surface area contributed by atoms with E-state index in [9.17, 15) is 9.59 Å². The van der Waals surface area contributed by atoms with E-state index in [1.54, 1.807) is 0 Å². The maximum Gasteiger partial charge on any atom is 0.236 e. The van der Waals surface area contributed by atoms with Crippen LogP contribution in [-0.2, 0) is 9.59 Å². The van der Waals surface area contributed by atoms with Gasteiger partial charge in [0, 0.05) is 51.7 Å². The van der Waals surface area contributed by atoms with Crippen molar-refractivity contribution >= 4 is 36.6 Å². The van der Waals surface area contributed by atoms with Crippen LogP contribution in [0.5, 0.6) is 0 Å². The summed E-state index contributed by atoms with van der Waals surface area (Å²) in [6, 6.07) is 0.367. The lowest BCUT2D eigenvalue weighted by Gasteiger charge is -2.25. The lowest BCUT2D eigenvalue weighted by molar-refractivity contribution is -0.132. The van der Waals surface area contributed by atoms with Gasteiger partial charge in [0.2, 0.25) is 11.8 Å². The molecule has 0 bridgehead atoms. The third-order valence-corrected chi connectivity index (χ3v) is 5.00. The van der Waals surface area contributed by atoms with Gasteiger partial charge in [-0.15, -0.1) is 24.8 Å². The van der Waals surface area contributed by atoms with Crippen molar-refractivity contribution in [3.63, 3.8) is 0 Å². The quantitative estimate of drug-likeness (QED) is 0.736. The van der Waals surface area contributed by atoms with Crippen LogP contribution in [0.2, 0.25) is 0 Å². The van der Waals surface area contributed by atoms with E-state index >= 15 is 0 Å². The van der Waals surface area contributed by atoms with Gasteiger partial charge < -0.3 is 15.1 Å². The summed E-state index contributed by atoms with van der Waals surface area (Å²) in [5.74, 6) is 0.464. The minimum atomic E-state index is 0. The Morgan fingerprint density at radius 2 is 1.76 bits per heavy atom. The molecule has 1 unspecified atom stereocenters. The molecule has 0 aromatic carbocycles. The van der Waals surface area contributed by atoms with Crippen molar-refractivity contribution in [2.75, 3.05) is 52.4 Å². The molecule has 0 aromatic heterocycles. The molecule has 2 aliphatic rings. The summed E-state index contributed by atoms with van der Waals surface area (Å²) in [4.78, 5) is 30.7.